The first-order valence-electron chi connectivity index (χ1n) is 9.88. The number of thiazole rings is 1. The Bertz CT molecular complexity index is 1020. The number of rotatable bonds is 6. The maximum Gasteiger partial charge on any atom is 0.275 e. The molecule has 1 aromatic carbocycles. The minimum atomic E-state index is -0.265. The quantitative estimate of drug-likeness (QED) is 0.637. The second kappa shape index (κ2) is 9.04. The molecule has 1 atom stereocenters. The van der Waals surface area contributed by atoms with Gasteiger partial charge in [0, 0.05) is 24.9 Å². The molecule has 1 aliphatic rings. The first kappa shape index (κ1) is 20.0. The van der Waals surface area contributed by atoms with Gasteiger partial charge >= 0.3 is 0 Å². The van der Waals surface area contributed by atoms with Crippen molar-refractivity contribution in [3.63, 3.8) is 0 Å². The number of carbonyl (C=O) groups is 2. The van der Waals surface area contributed by atoms with Crippen LogP contribution in [0, 0.1) is 5.92 Å². The van der Waals surface area contributed by atoms with Crippen LogP contribution in [0.2, 0.25) is 0 Å². The van der Waals surface area contributed by atoms with Crippen molar-refractivity contribution in [2.24, 2.45) is 11.7 Å². The number of nitrogens with one attached hydrogen (secondary N) is 1. The first-order chi connectivity index (χ1) is 14.6. The van der Waals surface area contributed by atoms with Crippen molar-refractivity contribution in [2.75, 3.05) is 23.3 Å². The SMILES string of the molecule is NC(=O)C1CCCN(c2ccc(NC(=O)c3csc(Cc4ccccc4)n3)cn2)C1. The molecule has 1 saturated heterocycles. The maximum atomic E-state index is 12.5. The molecule has 0 saturated carbocycles. The van der Waals surface area contributed by atoms with Crippen LogP contribution in [0.25, 0.3) is 0 Å². The summed E-state index contributed by atoms with van der Waals surface area (Å²) in [5.41, 5.74) is 7.61. The van der Waals surface area contributed by atoms with Crippen molar-refractivity contribution in [1.82, 2.24) is 9.97 Å². The fraction of sp³-hybridized carbons (Fsp3) is 0.273. The van der Waals surface area contributed by atoms with Crippen LogP contribution in [-0.4, -0.2) is 34.9 Å². The molecule has 1 unspecified atom stereocenters. The normalized spacial score (nSPS) is 16.3. The predicted octanol–water partition coefficient (Wildman–Crippen LogP) is 3.08. The average Bonchev–Trinajstić information content (AvgIpc) is 3.24. The van der Waals surface area contributed by atoms with Crippen molar-refractivity contribution in [2.45, 2.75) is 19.3 Å². The van der Waals surface area contributed by atoms with Gasteiger partial charge in [0.05, 0.1) is 22.8 Å². The topological polar surface area (TPSA) is 101 Å². The summed E-state index contributed by atoms with van der Waals surface area (Å²) in [7, 11) is 0. The van der Waals surface area contributed by atoms with Crippen LogP contribution < -0.4 is 16.0 Å². The highest BCUT2D eigenvalue weighted by atomic mass is 32.1. The van der Waals surface area contributed by atoms with Crippen molar-refractivity contribution < 1.29 is 9.59 Å². The molecule has 0 spiro atoms. The lowest BCUT2D eigenvalue weighted by atomic mass is 9.97. The highest BCUT2D eigenvalue weighted by Gasteiger charge is 2.24. The summed E-state index contributed by atoms with van der Waals surface area (Å²) in [4.78, 5) is 34.9. The van der Waals surface area contributed by atoms with E-state index >= 15 is 0 Å². The molecule has 3 aromatic rings. The number of nitrogens with zero attached hydrogens (tertiary/aromatic N) is 3. The van der Waals surface area contributed by atoms with Gasteiger partial charge in [-0.05, 0) is 30.5 Å². The van der Waals surface area contributed by atoms with Gasteiger partial charge in [-0.2, -0.15) is 0 Å². The molecule has 7 nitrogen and oxygen atoms in total. The number of primary amides is 1. The number of hydrogen-bond donors (Lipinski definition) is 2. The molecule has 154 valence electrons. The minimum Gasteiger partial charge on any atom is -0.369 e. The fourth-order valence-corrected chi connectivity index (χ4v) is 4.33. The monoisotopic (exact) mass is 421 g/mol. The number of pyridine rings is 1. The van der Waals surface area contributed by atoms with Gasteiger partial charge in [-0.15, -0.1) is 11.3 Å². The zero-order valence-corrected chi connectivity index (χ0v) is 17.3. The number of nitrogens with two attached hydrogens (primary N) is 1. The van der Waals surface area contributed by atoms with Gasteiger partial charge in [-0.1, -0.05) is 30.3 Å². The molecule has 2 aromatic heterocycles. The van der Waals surface area contributed by atoms with Gasteiger partial charge < -0.3 is 16.0 Å². The van der Waals surface area contributed by atoms with Gasteiger partial charge in [-0.25, -0.2) is 9.97 Å². The Morgan fingerprint density at radius 1 is 1.20 bits per heavy atom. The summed E-state index contributed by atoms with van der Waals surface area (Å²) >= 11 is 1.47. The number of benzene rings is 1. The molecule has 8 heteroatoms. The summed E-state index contributed by atoms with van der Waals surface area (Å²) in [5, 5.41) is 5.51. The minimum absolute atomic E-state index is 0.144. The van der Waals surface area contributed by atoms with Crippen molar-refractivity contribution in [1.29, 1.82) is 0 Å². The Morgan fingerprint density at radius 2 is 2.03 bits per heavy atom. The Balaban J connectivity index is 1.36. The van der Waals surface area contributed by atoms with E-state index in [9.17, 15) is 9.59 Å². The Morgan fingerprint density at radius 3 is 2.77 bits per heavy atom. The molecule has 1 aliphatic heterocycles. The summed E-state index contributed by atoms with van der Waals surface area (Å²) in [6, 6.07) is 13.7. The van der Waals surface area contributed by atoms with E-state index in [1.54, 1.807) is 11.6 Å². The zero-order chi connectivity index (χ0) is 20.9. The number of anilines is 2. The summed E-state index contributed by atoms with van der Waals surface area (Å²) in [5.74, 6) is 0.109. The van der Waals surface area contributed by atoms with Crippen LogP contribution in [0.3, 0.4) is 0 Å². The molecule has 1 fully saturated rings. The van der Waals surface area contributed by atoms with E-state index in [1.807, 2.05) is 42.5 Å². The van der Waals surface area contributed by atoms with E-state index in [1.165, 1.54) is 11.3 Å². The standard InChI is InChI=1S/C22H23N5O2S/c23-21(28)16-7-4-10-27(13-16)19-9-8-17(12-24-19)25-22(29)18-14-30-20(26-18)11-15-5-2-1-3-6-15/h1-3,5-6,8-9,12,14,16H,4,7,10-11,13H2,(H2,23,28)(H,25,29). The van der Waals surface area contributed by atoms with E-state index in [-0.39, 0.29) is 17.7 Å². The summed E-state index contributed by atoms with van der Waals surface area (Å²) in [6.07, 6.45) is 4.05. The van der Waals surface area contributed by atoms with Crippen LogP contribution in [0.15, 0.2) is 54.0 Å². The van der Waals surface area contributed by atoms with E-state index in [2.05, 4.69) is 20.2 Å². The number of hydrogen-bond acceptors (Lipinski definition) is 6. The van der Waals surface area contributed by atoms with Crippen LogP contribution in [0.4, 0.5) is 11.5 Å². The number of piperidine rings is 1. The van der Waals surface area contributed by atoms with Gasteiger partial charge in [0.15, 0.2) is 0 Å². The van der Waals surface area contributed by atoms with Crippen LogP contribution in [0.5, 0.6) is 0 Å². The third kappa shape index (κ3) is 4.83. The smallest absolute Gasteiger partial charge is 0.275 e. The second-order valence-corrected chi connectivity index (χ2v) is 8.28. The average molecular weight is 422 g/mol. The van der Waals surface area contributed by atoms with Crippen molar-refractivity contribution in [3.8, 4) is 0 Å². The largest absolute Gasteiger partial charge is 0.369 e. The molecule has 30 heavy (non-hydrogen) atoms. The highest BCUT2D eigenvalue weighted by molar-refractivity contribution is 7.09. The molecule has 0 bridgehead atoms. The molecule has 0 radical (unpaired) electrons. The summed E-state index contributed by atoms with van der Waals surface area (Å²) < 4.78 is 0. The lowest BCUT2D eigenvalue weighted by Gasteiger charge is -2.32. The van der Waals surface area contributed by atoms with E-state index in [4.69, 9.17) is 5.73 Å². The predicted molar refractivity (Wildman–Crippen MR) is 118 cm³/mol. The lowest BCUT2D eigenvalue weighted by molar-refractivity contribution is -0.122. The summed E-state index contributed by atoms with van der Waals surface area (Å²) in [6.45, 7) is 1.42. The fourth-order valence-electron chi connectivity index (χ4n) is 3.53. The lowest BCUT2D eigenvalue weighted by Crippen LogP contribution is -2.41. The number of amides is 2. The molecule has 4 rings (SSSR count). The second-order valence-electron chi connectivity index (χ2n) is 7.34. The third-order valence-electron chi connectivity index (χ3n) is 5.14. The first-order valence-corrected chi connectivity index (χ1v) is 10.8. The third-order valence-corrected chi connectivity index (χ3v) is 5.98. The van der Waals surface area contributed by atoms with Crippen LogP contribution in [0.1, 0.15) is 33.9 Å². The number of aromatic nitrogens is 2. The van der Waals surface area contributed by atoms with Gasteiger partial charge in [0.2, 0.25) is 5.91 Å². The Labute approximate surface area is 179 Å². The van der Waals surface area contributed by atoms with Gasteiger partial charge in [0.25, 0.3) is 5.91 Å². The zero-order valence-electron chi connectivity index (χ0n) is 16.5. The van der Waals surface area contributed by atoms with Crippen molar-refractivity contribution >= 4 is 34.7 Å². The number of carbonyl (C=O) groups excluding carboxylic acids is 2. The Kier molecular flexibility index (Phi) is 6.04. The Hall–Kier alpha value is -3.26. The van der Waals surface area contributed by atoms with Crippen LogP contribution >= 0.6 is 11.3 Å². The highest BCUT2D eigenvalue weighted by Crippen LogP contribution is 2.23. The molecule has 2 amide bonds. The van der Waals surface area contributed by atoms with E-state index < -0.39 is 0 Å². The van der Waals surface area contributed by atoms with Gasteiger partial charge in [0.1, 0.15) is 11.5 Å². The molecule has 3 heterocycles. The van der Waals surface area contributed by atoms with E-state index in [0.29, 0.717) is 24.3 Å². The van der Waals surface area contributed by atoms with Crippen molar-refractivity contribution in [3.05, 3.63) is 70.3 Å². The van der Waals surface area contributed by atoms with Crippen LogP contribution in [-0.2, 0) is 11.2 Å². The maximum absolute atomic E-state index is 12.5. The molecular formula is C22H23N5O2S. The molecular weight excluding hydrogens is 398 g/mol. The molecule has 0 aliphatic carbocycles. The van der Waals surface area contributed by atoms with E-state index in [0.717, 1.165) is 35.8 Å². The van der Waals surface area contributed by atoms with Gasteiger partial charge in [-0.3, -0.25) is 9.59 Å². The molecule has 3 N–H and O–H groups in total.